The molecule has 1 saturated carbocycles. The summed E-state index contributed by atoms with van der Waals surface area (Å²) in [5.74, 6) is 1.54. The van der Waals surface area contributed by atoms with Crippen molar-refractivity contribution in [1.82, 2.24) is 9.88 Å². The molecule has 0 radical (unpaired) electrons. The molecule has 1 aromatic carbocycles. The van der Waals surface area contributed by atoms with Gasteiger partial charge in [-0.3, -0.25) is 4.98 Å². The summed E-state index contributed by atoms with van der Waals surface area (Å²) in [6.45, 7) is 1.90. The molecule has 0 saturated heterocycles. The van der Waals surface area contributed by atoms with Crippen LogP contribution in [0, 0.1) is 0 Å². The van der Waals surface area contributed by atoms with Gasteiger partial charge in [-0.15, -0.1) is 0 Å². The summed E-state index contributed by atoms with van der Waals surface area (Å²) in [5.41, 5.74) is 1.94. The molecule has 24 heavy (non-hydrogen) atoms. The Bertz CT molecular complexity index is 734. The molecule has 2 aromatic rings. The van der Waals surface area contributed by atoms with Crippen LogP contribution in [0.15, 0.2) is 42.6 Å². The van der Waals surface area contributed by atoms with Crippen molar-refractivity contribution in [2.75, 3.05) is 18.5 Å². The molecule has 124 valence electrons. The first-order chi connectivity index (χ1) is 11.8. The Morgan fingerprint density at radius 3 is 2.75 bits per heavy atom. The molecule has 0 unspecified atom stereocenters. The summed E-state index contributed by atoms with van der Waals surface area (Å²) in [6, 6.07) is 12.3. The fourth-order valence-electron chi connectivity index (χ4n) is 2.74. The van der Waals surface area contributed by atoms with Crippen molar-refractivity contribution in [2.24, 2.45) is 0 Å². The predicted molar refractivity (Wildman–Crippen MR) is 96.5 cm³/mol. The summed E-state index contributed by atoms with van der Waals surface area (Å²) in [6.07, 6.45) is 4.17. The normalized spacial score (nSPS) is 15.7. The second kappa shape index (κ2) is 6.65. The molecule has 2 heterocycles. The van der Waals surface area contributed by atoms with E-state index < -0.39 is 0 Å². The van der Waals surface area contributed by atoms with Crippen LogP contribution in [0.1, 0.15) is 18.5 Å². The van der Waals surface area contributed by atoms with E-state index in [2.05, 4.69) is 15.2 Å². The Hall–Kier alpha value is -2.34. The average Bonchev–Trinajstić information content (AvgIpc) is 3.45. The van der Waals surface area contributed by atoms with E-state index in [4.69, 9.17) is 21.7 Å². The molecule has 0 atom stereocenters. The molecule has 6 heteroatoms. The van der Waals surface area contributed by atoms with Crippen LogP contribution in [0.25, 0.3) is 0 Å². The molecular formula is C18H19N3O2S. The number of hydrogen-bond acceptors (Lipinski definition) is 4. The Morgan fingerprint density at radius 1 is 1.17 bits per heavy atom. The number of hydrogen-bond donors (Lipinski definition) is 1. The van der Waals surface area contributed by atoms with Gasteiger partial charge >= 0.3 is 0 Å². The number of thiocarbonyl (C=S) groups is 1. The van der Waals surface area contributed by atoms with Crippen LogP contribution >= 0.6 is 12.2 Å². The number of aromatic nitrogens is 1. The maximum absolute atomic E-state index is 5.64. The molecule has 0 spiro atoms. The van der Waals surface area contributed by atoms with Gasteiger partial charge in [0.15, 0.2) is 16.6 Å². The van der Waals surface area contributed by atoms with E-state index >= 15 is 0 Å². The van der Waals surface area contributed by atoms with Crippen molar-refractivity contribution in [3.63, 3.8) is 0 Å². The second-order valence-corrected chi connectivity index (χ2v) is 6.36. The van der Waals surface area contributed by atoms with Crippen molar-refractivity contribution in [1.29, 1.82) is 0 Å². The lowest BCUT2D eigenvalue weighted by Crippen LogP contribution is -2.36. The van der Waals surface area contributed by atoms with E-state index in [1.807, 2.05) is 42.6 Å². The highest BCUT2D eigenvalue weighted by Crippen LogP contribution is 2.33. The summed E-state index contributed by atoms with van der Waals surface area (Å²) < 4.78 is 11.2. The maximum Gasteiger partial charge on any atom is 0.174 e. The van der Waals surface area contributed by atoms with Crippen LogP contribution < -0.4 is 14.8 Å². The summed E-state index contributed by atoms with van der Waals surface area (Å²) in [7, 11) is 0. The van der Waals surface area contributed by atoms with Gasteiger partial charge in [-0.05, 0) is 49.3 Å². The fourth-order valence-corrected chi connectivity index (χ4v) is 3.07. The topological polar surface area (TPSA) is 46.6 Å². The Morgan fingerprint density at radius 2 is 2.00 bits per heavy atom. The zero-order chi connectivity index (χ0) is 16.4. The number of fused-ring (bicyclic) bond motifs is 1. The van der Waals surface area contributed by atoms with Gasteiger partial charge in [0, 0.05) is 24.0 Å². The van der Waals surface area contributed by atoms with Gasteiger partial charge in [-0.25, -0.2) is 0 Å². The Kier molecular flexibility index (Phi) is 4.21. The van der Waals surface area contributed by atoms with Crippen LogP contribution in [0.4, 0.5) is 5.69 Å². The van der Waals surface area contributed by atoms with E-state index in [0.717, 1.165) is 34.5 Å². The first-order valence-electron chi connectivity index (χ1n) is 8.17. The fraction of sp³-hybridized carbons (Fsp3) is 0.333. The highest BCUT2D eigenvalue weighted by molar-refractivity contribution is 7.80. The first-order valence-corrected chi connectivity index (χ1v) is 8.57. The SMILES string of the molecule is S=C(Nc1ccc2c(c1)OCCO2)N(Cc1ccccn1)C1CC1. The van der Waals surface area contributed by atoms with Gasteiger partial charge < -0.3 is 19.7 Å². The average molecular weight is 341 g/mol. The van der Waals surface area contributed by atoms with Crippen LogP contribution in [0.3, 0.4) is 0 Å². The van der Waals surface area contributed by atoms with E-state index in [0.29, 0.717) is 19.3 Å². The van der Waals surface area contributed by atoms with Crippen LogP contribution in [0.2, 0.25) is 0 Å². The molecule has 1 aromatic heterocycles. The van der Waals surface area contributed by atoms with Crippen molar-refractivity contribution >= 4 is 23.0 Å². The highest BCUT2D eigenvalue weighted by atomic mass is 32.1. The standard InChI is InChI=1S/C18H19N3O2S/c24-18(20-13-4-7-16-17(11-13)23-10-9-22-16)21(15-5-6-15)12-14-3-1-2-8-19-14/h1-4,7-8,11,15H,5-6,9-10,12H2,(H,20,24). The molecule has 1 aliphatic carbocycles. The van der Waals surface area contributed by atoms with E-state index in [1.165, 1.54) is 12.8 Å². The number of nitrogens with one attached hydrogen (secondary N) is 1. The van der Waals surface area contributed by atoms with E-state index in [-0.39, 0.29) is 0 Å². The molecule has 1 fully saturated rings. The number of ether oxygens (including phenoxy) is 2. The molecule has 0 amide bonds. The van der Waals surface area contributed by atoms with Gasteiger partial charge in [-0.2, -0.15) is 0 Å². The zero-order valence-corrected chi connectivity index (χ0v) is 14.1. The van der Waals surface area contributed by atoms with Gasteiger partial charge in [0.2, 0.25) is 0 Å². The van der Waals surface area contributed by atoms with Crippen molar-refractivity contribution in [3.05, 3.63) is 48.3 Å². The summed E-state index contributed by atoms with van der Waals surface area (Å²) in [4.78, 5) is 6.63. The minimum Gasteiger partial charge on any atom is -0.486 e. The van der Waals surface area contributed by atoms with Crippen molar-refractivity contribution < 1.29 is 9.47 Å². The van der Waals surface area contributed by atoms with Gasteiger partial charge in [0.1, 0.15) is 13.2 Å². The molecule has 0 bridgehead atoms. The quantitative estimate of drug-likeness (QED) is 0.862. The van der Waals surface area contributed by atoms with Crippen LogP contribution in [-0.4, -0.2) is 34.3 Å². The number of anilines is 1. The van der Waals surface area contributed by atoms with Crippen LogP contribution in [-0.2, 0) is 6.54 Å². The number of nitrogens with zero attached hydrogens (tertiary/aromatic N) is 2. The lowest BCUT2D eigenvalue weighted by molar-refractivity contribution is 0.171. The summed E-state index contributed by atoms with van der Waals surface area (Å²) in [5, 5.41) is 4.05. The third-order valence-electron chi connectivity index (χ3n) is 4.10. The second-order valence-electron chi connectivity index (χ2n) is 5.97. The molecule has 2 aliphatic rings. The third-order valence-corrected chi connectivity index (χ3v) is 4.44. The molecule has 1 aliphatic heterocycles. The number of benzene rings is 1. The van der Waals surface area contributed by atoms with Crippen molar-refractivity contribution in [3.8, 4) is 11.5 Å². The number of pyridine rings is 1. The predicted octanol–water partition coefficient (Wildman–Crippen LogP) is 3.21. The minimum absolute atomic E-state index is 0.504. The third kappa shape index (κ3) is 3.43. The minimum atomic E-state index is 0.504. The smallest absolute Gasteiger partial charge is 0.174 e. The molecule has 1 N–H and O–H groups in total. The lowest BCUT2D eigenvalue weighted by Gasteiger charge is -2.26. The largest absolute Gasteiger partial charge is 0.486 e. The van der Waals surface area contributed by atoms with E-state index in [9.17, 15) is 0 Å². The summed E-state index contributed by atoms with van der Waals surface area (Å²) >= 11 is 5.64. The van der Waals surface area contributed by atoms with Gasteiger partial charge in [-0.1, -0.05) is 6.07 Å². The Balaban J connectivity index is 1.47. The zero-order valence-electron chi connectivity index (χ0n) is 13.3. The highest BCUT2D eigenvalue weighted by Gasteiger charge is 2.31. The number of rotatable bonds is 4. The molecular weight excluding hydrogens is 322 g/mol. The van der Waals surface area contributed by atoms with Crippen LogP contribution in [0.5, 0.6) is 11.5 Å². The van der Waals surface area contributed by atoms with Gasteiger partial charge in [0.25, 0.3) is 0 Å². The lowest BCUT2D eigenvalue weighted by atomic mass is 10.2. The van der Waals surface area contributed by atoms with Crippen molar-refractivity contribution in [2.45, 2.75) is 25.4 Å². The van der Waals surface area contributed by atoms with E-state index in [1.54, 1.807) is 0 Å². The molecule has 5 nitrogen and oxygen atoms in total. The monoisotopic (exact) mass is 341 g/mol. The molecule has 4 rings (SSSR count). The van der Waals surface area contributed by atoms with Gasteiger partial charge in [0.05, 0.1) is 12.2 Å². The maximum atomic E-state index is 5.64. The first kappa shape index (κ1) is 15.2. The Labute approximate surface area is 146 Å².